The van der Waals surface area contributed by atoms with Gasteiger partial charge >= 0.3 is 0 Å². The van der Waals surface area contributed by atoms with Crippen LogP contribution in [0.25, 0.3) is 5.70 Å². The predicted molar refractivity (Wildman–Crippen MR) is 65.2 cm³/mol. The lowest BCUT2D eigenvalue weighted by atomic mass is 10.1. The first kappa shape index (κ1) is 10.4. The molecule has 1 aromatic rings. The highest BCUT2D eigenvalue weighted by Gasteiger charge is 2.07. The van der Waals surface area contributed by atoms with Crippen LogP contribution in [0.3, 0.4) is 0 Å². The summed E-state index contributed by atoms with van der Waals surface area (Å²) in [5.41, 5.74) is 2.15. The molecule has 0 saturated heterocycles. The van der Waals surface area contributed by atoms with E-state index in [0.29, 0.717) is 5.70 Å². The van der Waals surface area contributed by atoms with Crippen LogP contribution < -0.4 is 0 Å². The minimum Gasteiger partial charge on any atom is -0.357 e. The predicted octanol–water partition coefficient (Wildman–Crippen LogP) is 3.14. The van der Waals surface area contributed by atoms with E-state index < -0.39 is 0 Å². The van der Waals surface area contributed by atoms with Gasteiger partial charge in [0.2, 0.25) is 0 Å². The van der Waals surface area contributed by atoms with Crippen molar-refractivity contribution in [2.75, 3.05) is 7.05 Å². The van der Waals surface area contributed by atoms with Crippen molar-refractivity contribution in [3.05, 3.63) is 70.9 Å². The van der Waals surface area contributed by atoms with Gasteiger partial charge in [-0.15, -0.1) is 4.91 Å². The smallest absolute Gasteiger partial charge is 0.122 e. The molecule has 0 atom stereocenters. The number of nitrogens with zero attached hydrogens (tertiary/aromatic N) is 2. The molecule has 0 spiro atoms. The summed E-state index contributed by atoms with van der Waals surface area (Å²) in [6.07, 6.45) is 7.54. The molecule has 0 bridgehead atoms. The quantitative estimate of drug-likeness (QED) is 0.705. The standard InChI is InChI=1S/C13H12N2O/c1-15-9-7-12(8-10-15)13(14-16)11-5-3-2-4-6-11/h2-10H,1H3. The third-order valence-electron chi connectivity index (χ3n) is 2.39. The van der Waals surface area contributed by atoms with Crippen LogP contribution in [0, 0.1) is 4.91 Å². The van der Waals surface area contributed by atoms with Gasteiger partial charge in [0.05, 0.1) is 0 Å². The second kappa shape index (κ2) is 4.57. The summed E-state index contributed by atoms with van der Waals surface area (Å²) >= 11 is 0. The molecule has 0 radical (unpaired) electrons. The Kier molecular flexibility index (Phi) is 2.96. The average Bonchev–Trinajstić information content (AvgIpc) is 2.34. The van der Waals surface area contributed by atoms with Gasteiger partial charge in [0.15, 0.2) is 0 Å². The number of hydrogen-bond acceptors (Lipinski definition) is 3. The molecule has 80 valence electrons. The molecule has 3 heteroatoms. The van der Waals surface area contributed by atoms with E-state index >= 15 is 0 Å². The number of benzene rings is 1. The molecule has 1 aliphatic rings. The molecule has 0 N–H and O–H groups in total. The first-order valence-electron chi connectivity index (χ1n) is 5.02. The van der Waals surface area contributed by atoms with E-state index in [9.17, 15) is 4.91 Å². The molecule has 2 rings (SSSR count). The fraction of sp³-hybridized carbons (Fsp3) is 0.0769. The summed E-state index contributed by atoms with van der Waals surface area (Å²) in [7, 11) is 1.93. The van der Waals surface area contributed by atoms with Crippen LogP contribution in [0.4, 0.5) is 0 Å². The van der Waals surface area contributed by atoms with Gasteiger partial charge in [0.25, 0.3) is 0 Å². The van der Waals surface area contributed by atoms with Crippen LogP contribution >= 0.6 is 0 Å². The zero-order valence-corrected chi connectivity index (χ0v) is 9.00. The summed E-state index contributed by atoms with van der Waals surface area (Å²) in [6, 6.07) is 9.46. The second-order valence-electron chi connectivity index (χ2n) is 3.56. The van der Waals surface area contributed by atoms with Crippen LogP contribution in [-0.4, -0.2) is 11.9 Å². The van der Waals surface area contributed by atoms with Gasteiger partial charge in [-0.05, 0) is 17.3 Å². The highest BCUT2D eigenvalue weighted by molar-refractivity contribution is 5.72. The van der Waals surface area contributed by atoms with E-state index in [1.165, 1.54) is 0 Å². The largest absolute Gasteiger partial charge is 0.357 e. The molecule has 0 saturated carbocycles. The van der Waals surface area contributed by atoms with Gasteiger partial charge in [-0.1, -0.05) is 30.3 Å². The van der Waals surface area contributed by atoms with Crippen LogP contribution in [0.15, 0.2) is 65.6 Å². The van der Waals surface area contributed by atoms with Crippen LogP contribution in [-0.2, 0) is 0 Å². The van der Waals surface area contributed by atoms with Crippen molar-refractivity contribution < 1.29 is 0 Å². The molecule has 1 aliphatic heterocycles. The molecular formula is C13H12N2O. The first-order valence-corrected chi connectivity index (χ1v) is 5.02. The molecule has 0 unspecified atom stereocenters. The van der Waals surface area contributed by atoms with Crippen molar-refractivity contribution >= 4 is 5.70 Å². The second-order valence-corrected chi connectivity index (χ2v) is 3.56. The van der Waals surface area contributed by atoms with Crippen molar-refractivity contribution in [3.63, 3.8) is 0 Å². The van der Waals surface area contributed by atoms with Gasteiger partial charge in [0, 0.05) is 30.6 Å². The minimum absolute atomic E-state index is 0.473. The van der Waals surface area contributed by atoms with Gasteiger partial charge in [0.1, 0.15) is 5.70 Å². The van der Waals surface area contributed by atoms with Gasteiger partial charge in [-0.25, -0.2) is 0 Å². The van der Waals surface area contributed by atoms with E-state index in [1.807, 2.05) is 66.8 Å². The highest BCUT2D eigenvalue weighted by Crippen LogP contribution is 2.23. The Labute approximate surface area is 94.4 Å². The number of allylic oxidation sites excluding steroid dienone is 3. The Morgan fingerprint density at radius 2 is 1.75 bits per heavy atom. The average molecular weight is 212 g/mol. The molecular weight excluding hydrogens is 200 g/mol. The fourth-order valence-electron chi connectivity index (χ4n) is 1.53. The zero-order valence-electron chi connectivity index (χ0n) is 9.00. The molecule has 0 fully saturated rings. The normalized spacial score (nSPS) is 14.1. The molecule has 0 amide bonds. The van der Waals surface area contributed by atoms with Gasteiger partial charge in [-0.3, -0.25) is 0 Å². The van der Waals surface area contributed by atoms with Gasteiger partial charge in [-0.2, -0.15) is 0 Å². The third-order valence-corrected chi connectivity index (χ3v) is 2.39. The number of nitroso groups, excluding NO2 is 1. The van der Waals surface area contributed by atoms with Crippen LogP contribution in [0.5, 0.6) is 0 Å². The Balaban J connectivity index is 2.44. The van der Waals surface area contributed by atoms with Gasteiger partial charge < -0.3 is 4.90 Å². The van der Waals surface area contributed by atoms with E-state index in [1.54, 1.807) is 0 Å². The van der Waals surface area contributed by atoms with Crippen molar-refractivity contribution in [1.82, 2.24) is 4.90 Å². The monoisotopic (exact) mass is 212 g/mol. The number of rotatable bonds is 2. The molecule has 3 nitrogen and oxygen atoms in total. The lowest BCUT2D eigenvalue weighted by molar-refractivity contribution is 0.620. The van der Waals surface area contributed by atoms with E-state index in [2.05, 4.69) is 5.18 Å². The Morgan fingerprint density at radius 3 is 2.31 bits per heavy atom. The number of hydrogen-bond donors (Lipinski definition) is 0. The van der Waals surface area contributed by atoms with Crippen molar-refractivity contribution in [1.29, 1.82) is 0 Å². The van der Waals surface area contributed by atoms with Crippen molar-refractivity contribution in [3.8, 4) is 0 Å². The van der Waals surface area contributed by atoms with Crippen LogP contribution in [0.2, 0.25) is 0 Å². The molecule has 1 heterocycles. The van der Waals surface area contributed by atoms with Crippen molar-refractivity contribution in [2.24, 2.45) is 5.18 Å². The summed E-state index contributed by atoms with van der Waals surface area (Å²) in [4.78, 5) is 12.8. The third kappa shape index (κ3) is 2.08. The first-order chi connectivity index (χ1) is 7.81. The molecule has 0 aromatic heterocycles. The SMILES string of the molecule is CN1C=CC(=C(N=O)c2ccccc2)C=C1. The minimum atomic E-state index is 0.473. The van der Waals surface area contributed by atoms with E-state index in [0.717, 1.165) is 11.1 Å². The topological polar surface area (TPSA) is 32.7 Å². The van der Waals surface area contributed by atoms with E-state index in [4.69, 9.17) is 0 Å². The maximum Gasteiger partial charge on any atom is 0.122 e. The summed E-state index contributed by atoms with van der Waals surface area (Å²) in [6.45, 7) is 0. The maximum atomic E-state index is 10.9. The lowest BCUT2D eigenvalue weighted by Gasteiger charge is -2.13. The lowest BCUT2D eigenvalue weighted by Crippen LogP contribution is -2.03. The Hall–Kier alpha value is -2.16. The Bertz CT molecular complexity index is 456. The highest BCUT2D eigenvalue weighted by atomic mass is 16.3. The fourth-order valence-corrected chi connectivity index (χ4v) is 1.53. The zero-order chi connectivity index (χ0) is 11.4. The van der Waals surface area contributed by atoms with Crippen molar-refractivity contribution in [2.45, 2.75) is 0 Å². The summed E-state index contributed by atoms with van der Waals surface area (Å²) < 4.78 is 0. The van der Waals surface area contributed by atoms with Crippen LogP contribution in [0.1, 0.15) is 5.56 Å². The Morgan fingerprint density at radius 1 is 1.12 bits per heavy atom. The molecule has 1 aromatic carbocycles. The molecule has 0 aliphatic carbocycles. The van der Waals surface area contributed by atoms with E-state index in [-0.39, 0.29) is 0 Å². The summed E-state index contributed by atoms with van der Waals surface area (Å²) in [5, 5.41) is 3.12. The summed E-state index contributed by atoms with van der Waals surface area (Å²) in [5.74, 6) is 0. The maximum absolute atomic E-state index is 10.9. The molecule has 16 heavy (non-hydrogen) atoms.